The average Bonchev–Trinajstić information content (AvgIpc) is 3.11. The second kappa shape index (κ2) is 6.54. The van der Waals surface area contributed by atoms with Crippen LogP contribution in [0.3, 0.4) is 0 Å². The van der Waals surface area contributed by atoms with Crippen molar-refractivity contribution in [3.05, 3.63) is 35.0 Å². The first-order valence-corrected chi connectivity index (χ1v) is 8.04. The minimum Gasteiger partial charge on any atom is -0.462 e. The highest BCUT2D eigenvalue weighted by molar-refractivity contribution is 6.04. The second-order valence-corrected chi connectivity index (χ2v) is 5.91. The van der Waals surface area contributed by atoms with Crippen molar-refractivity contribution in [2.45, 2.75) is 27.3 Å². The van der Waals surface area contributed by atoms with Crippen LogP contribution in [0.2, 0.25) is 0 Å². The molecule has 25 heavy (non-hydrogen) atoms. The third-order valence-electron chi connectivity index (χ3n) is 4.19. The number of anilines is 1. The summed E-state index contributed by atoms with van der Waals surface area (Å²) in [5, 5.41) is 9.05. The number of carbonyl (C=O) groups excluding carboxylic acids is 1. The van der Waals surface area contributed by atoms with E-state index in [1.165, 1.54) is 0 Å². The van der Waals surface area contributed by atoms with Crippen LogP contribution in [-0.2, 0) is 18.3 Å². The first kappa shape index (κ1) is 16.9. The van der Waals surface area contributed by atoms with E-state index in [2.05, 4.69) is 15.2 Å². The maximum Gasteiger partial charge on any atom is 0.341 e. The summed E-state index contributed by atoms with van der Waals surface area (Å²) in [5.41, 5.74) is 3.67. The summed E-state index contributed by atoms with van der Waals surface area (Å²) in [4.78, 5) is 18.7. The summed E-state index contributed by atoms with van der Waals surface area (Å²) in [6, 6.07) is 0. The van der Waals surface area contributed by atoms with Gasteiger partial charge in [-0.3, -0.25) is 4.68 Å². The van der Waals surface area contributed by atoms with E-state index in [0.29, 0.717) is 24.4 Å². The molecule has 3 rings (SSSR count). The molecule has 0 amide bonds. The fraction of sp³-hybridized carbons (Fsp3) is 0.412. The number of nitrogens with zero attached hydrogens (tertiary/aromatic N) is 5. The maximum absolute atomic E-state index is 12.4. The molecule has 0 unspecified atom stereocenters. The van der Waals surface area contributed by atoms with Gasteiger partial charge in [0, 0.05) is 32.4 Å². The number of pyridine rings is 1. The molecule has 0 saturated heterocycles. The number of hydrogen-bond donors (Lipinski definition) is 0. The molecule has 0 fully saturated rings. The Labute approximate surface area is 145 Å². The van der Waals surface area contributed by atoms with Gasteiger partial charge in [-0.15, -0.1) is 0 Å². The largest absolute Gasteiger partial charge is 0.462 e. The Kier molecular flexibility index (Phi) is 4.43. The highest BCUT2D eigenvalue weighted by Gasteiger charge is 2.23. The van der Waals surface area contributed by atoms with Crippen LogP contribution in [0.5, 0.6) is 0 Å². The monoisotopic (exact) mass is 343 g/mol. The van der Waals surface area contributed by atoms with E-state index in [1.54, 1.807) is 24.0 Å². The molecule has 3 heterocycles. The molecular weight excluding hydrogens is 322 g/mol. The number of aryl methyl sites for hydroxylation is 3. The van der Waals surface area contributed by atoms with E-state index in [9.17, 15) is 4.79 Å². The number of esters is 1. The molecule has 8 nitrogen and oxygen atoms in total. The lowest BCUT2D eigenvalue weighted by Gasteiger charge is -2.22. The predicted molar refractivity (Wildman–Crippen MR) is 92.5 cm³/mol. The zero-order valence-electron chi connectivity index (χ0n) is 15.0. The lowest BCUT2D eigenvalue weighted by atomic mass is 10.1. The van der Waals surface area contributed by atoms with E-state index in [4.69, 9.17) is 9.26 Å². The van der Waals surface area contributed by atoms with Gasteiger partial charge in [0.1, 0.15) is 11.3 Å². The van der Waals surface area contributed by atoms with E-state index in [-0.39, 0.29) is 0 Å². The van der Waals surface area contributed by atoms with Gasteiger partial charge < -0.3 is 14.2 Å². The second-order valence-electron chi connectivity index (χ2n) is 5.91. The highest BCUT2D eigenvalue weighted by atomic mass is 16.5. The van der Waals surface area contributed by atoms with Crippen LogP contribution in [0.25, 0.3) is 11.0 Å². The van der Waals surface area contributed by atoms with Gasteiger partial charge in [-0.25, -0.2) is 9.78 Å². The van der Waals surface area contributed by atoms with Crippen molar-refractivity contribution < 1.29 is 14.1 Å². The van der Waals surface area contributed by atoms with Crippen molar-refractivity contribution >= 4 is 22.7 Å². The molecule has 0 aromatic carbocycles. The predicted octanol–water partition coefficient (Wildman–Crippen LogP) is 2.39. The van der Waals surface area contributed by atoms with Gasteiger partial charge in [0.05, 0.1) is 29.6 Å². The third-order valence-corrected chi connectivity index (χ3v) is 4.19. The zero-order chi connectivity index (χ0) is 18.1. The summed E-state index contributed by atoms with van der Waals surface area (Å²) in [6.07, 6.45) is 3.26. The Bertz CT molecular complexity index is 908. The van der Waals surface area contributed by atoms with Crippen molar-refractivity contribution in [3.8, 4) is 0 Å². The molecular formula is C17H21N5O3. The first-order chi connectivity index (χ1) is 11.9. The Balaban J connectivity index is 2.11. The fourth-order valence-corrected chi connectivity index (χ4v) is 2.90. The van der Waals surface area contributed by atoms with Crippen LogP contribution in [0, 0.1) is 13.8 Å². The quantitative estimate of drug-likeness (QED) is 0.657. The minimum atomic E-state index is -0.402. The zero-order valence-corrected chi connectivity index (χ0v) is 15.0. The summed E-state index contributed by atoms with van der Waals surface area (Å²) in [5.74, 6) is 0.361. The number of rotatable bonds is 5. The van der Waals surface area contributed by atoms with Crippen molar-refractivity contribution in [3.63, 3.8) is 0 Å². The van der Waals surface area contributed by atoms with E-state index in [0.717, 1.165) is 28.1 Å². The average molecular weight is 343 g/mol. The normalized spacial score (nSPS) is 11.1. The van der Waals surface area contributed by atoms with Crippen LogP contribution in [0.4, 0.5) is 5.69 Å². The highest BCUT2D eigenvalue weighted by Crippen LogP contribution is 2.31. The van der Waals surface area contributed by atoms with Gasteiger partial charge in [-0.1, -0.05) is 5.16 Å². The molecule has 8 heteroatoms. The molecule has 0 aliphatic heterocycles. The van der Waals surface area contributed by atoms with Crippen LogP contribution < -0.4 is 4.90 Å². The van der Waals surface area contributed by atoms with Gasteiger partial charge in [0.15, 0.2) is 5.65 Å². The molecule has 0 saturated carbocycles. The van der Waals surface area contributed by atoms with Crippen LogP contribution in [0.1, 0.15) is 34.3 Å². The fourth-order valence-electron chi connectivity index (χ4n) is 2.90. The van der Waals surface area contributed by atoms with Gasteiger partial charge >= 0.3 is 5.97 Å². The number of aromatic nitrogens is 4. The van der Waals surface area contributed by atoms with E-state index < -0.39 is 5.97 Å². The molecule has 0 aliphatic carbocycles. The van der Waals surface area contributed by atoms with E-state index in [1.807, 2.05) is 32.8 Å². The summed E-state index contributed by atoms with van der Waals surface area (Å²) < 4.78 is 12.1. The van der Waals surface area contributed by atoms with Gasteiger partial charge in [-0.2, -0.15) is 5.10 Å². The van der Waals surface area contributed by atoms with Gasteiger partial charge in [0.2, 0.25) is 0 Å². The molecule has 132 valence electrons. The smallest absolute Gasteiger partial charge is 0.341 e. The Hall–Kier alpha value is -2.90. The summed E-state index contributed by atoms with van der Waals surface area (Å²) in [6.45, 7) is 6.40. The van der Waals surface area contributed by atoms with Gasteiger partial charge in [0.25, 0.3) is 0 Å². The van der Waals surface area contributed by atoms with Crippen molar-refractivity contribution in [1.82, 2.24) is 19.9 Å². The molecule has 0 bridgehead atoms. The molecule has 0 N–H and O–H groups in total. The molecule has 0 aliphatic rings. The number of hydrogen-bond acceptors (Lipinski definition) is 7. The maximum atomic E-state index is 12.4. The first-order valence-electron chi connectivity index (χ1n) is 8.04. The summed E-state index contributed by atoms with van der Waals surface area (Å²) >= 11 is 0. The van der Waals surface area contributed by atoms with Crippen LogP contribution >= 0.6 is 0 Å². The minimum absolute atomic E-state index is 0.303. The molecule has 0 radical (unpaired) electrons. The van der Waals surface area contributed by atoms with Gasteiger partial charge in [-0.05, 0) is 20.8 Å². The topological polar surface area (TPSA) is 86.3 Å². The Morgan fingerprint density at radius 2 is 2.12 bits per heavy atom. The molecule has 3 aromatic heterocycles. The molecule has 0 atom stereocenters. The SMILES string of the molecule is CCOC(=O)c1cnc2c(cnn2C)c1N(C)Cc1c(C)noc1C. The Morgan fingerprint density at radius 1 is 1.36 bits per heavy atom. The summed E-state index contributed by atoms with van der Waals surface area (Å²) in [7, 11) is 3.73. The third kappa shape index (κ3) is 2.95. The number of ether oxygens (including phenoxy) is 1. The van der Waals surface area contributed by atoms with Crippen LogP contribution in [-0.4, -0.2) is 39.5 Å². The lowest BCUT2D eigenvalue weighted by molar-refractivity contribution is 0.0527. The van der Waals surface area contributed by atoms with Crippen LogP contribution in [0.15, 0.2) is 16.9 Å². The number of fused-ring (bicyclic) bond motifs is 1. The van der Waals surface area contributed by atoms with E-state index >= 15 is 0 Å². The standard InChI is InChI=1S/C17H21N5O3/c1-6-24-17(23)13-7-18-16-12(8-19-22(16)5)15(13)21(4)9-14-10(2)20-25-11(14)3/h7-8H,6,9H2,1-5H3. The number of carbonyl (C=O) groups is 1. The van der Waals surface area contributed by atoms with Crippen molar-refractivity contribution in [1.29, 1.82) is 0 Å². The van der Waals surface area contributed by atoms with Crippen molar-refractivity contribution in [2.24, 2.45) is 7.05 Å². The lowest BCUT2D eigenvalue weighted by Crippen LogP contribution is -2.21. The molecule has 3 aromatic rings. The Morgan fingerprint density at radius 3 is 2.76 bits per heavy atom. The van der Waals surface area contributed by atoms with Crippen molar-refractivity contribution in [2.75, 3.05) is 18.6 Å². The molecule has 0 spiro atoms.